The first kappa shape index (κ1) is 20.3. The second kappa shape index (κ2) is 8.44. The van der Waals surface area contributed by atoms with Crippen molar-refractivity contribution in [2.24, 2.45) is 0 Å². The van der Waals surface area contributed by atoms with Crippen LogP contribution in [0.1, 0.15) is 47.6 Å². The number of nitrogens with one attached hydrogen (secondary N) is 1. The number of carbonyl (C=O) groups excluding carboxylic acids is 1. The summed E-state index contributed by atoms with van der Waals surface area (Å²) in [4.78, 5) is 36.2. The molecule has 1 aliphatic heterocycles. The molecule has 0 unspecified atom stereocenters. The van der Waals surface area contributed by atoms with Gasteiger partial charge in [-0.25, -0.2) is 4.98 Å². The molecule has 3 aromatic rings. The fourth-order valence-electron chi connectivity index (χ4n) is 4.13. The van der Waals surface area contributed by atoms with Crippen LogP contribution in [0.5, 0.6) is 0 Å². The van der Waals surface area contributed by atoms with E-state index in [0.29, 0.717) is 12.1 Å². The van der Waals surface area contributed by atoms with E-state index in [-0.39, 0.29) is 11.3 Å². The highest BCUT2D eigenvalue weighted by Gasteiger charge is 2.20. The van der Waals surface area contributed by atoms with Gasteiger partial charge in [-0.2, -0.15) is 0 Å². The molecule has 4 rings (SSSR count). The molecule has 1 saturated heterocycles. The van der Waals surface area contributed by atoms with Gasteiger partial charge >= 0.3 is 0 Å². The van der Waals surface area contributed by atoms with Crippen LogP contribution in [-0.4, -0.2) is 51.2 Å². The van der Waals surface area contributed by atoms with Crippen LogP contribution in [0, 0.1) is 6.92 Å². The zero-order chi connectivity index (χ0) is 21.3. The lowest BCUT2D eigenvalue weighted by Gasteiger charge is -2.36. The van der Waals surface area contributed by atoms with E-state index >= 15 is 0 Å². The normalized spacial score (nSPS) is 15.1. The highest BCUT2D eigenvalue weighted by molar-refractivity contribution is 5.94. The van der Waals surface area contributed by atoms with Crippen LogP contribution in [0.15, 0.2) is 35.4 Å². The van der Waals surface area contributed by atoms with Gasteiger partial charge in [-0.1, -0.05) is 13.8 Å². The van der Waals surface area contributed by atoms with Gasteiger partial charge in [0, 0.05) is 57.1 Å². The summed E-state index contributed by atoms with van der Waals surface area (Å²) in [7, 11) is 0. The van der Waals surface area contributed by atoms with Crippen molar-refractivity contribution in [1.82, 2.24) is 19.3 Å². The summed E-state index contributed by atoms with van der Waals surface area (Å²) in [5.41, 5.74) is 5.43. The molecule has 1 fully saturated rings. The summed E-state index contributed by atoms with van der Waals surface area (Å²) in [6, 6.07) is 5.94. The monoisotopic (exact) mass is 407 g/mol. The zero-order valence-electron chi connectivity index (χ0n) is 17.9. The van der Waals surface area contributed by atoms with Gasteiger partial charge in [-0.15, -0.1) is 0 Å². The van der Waals surface area contributed by atoms with Gasteiger partial charge in [0.25, 0.3) is 5.56 Å². The molecule has 0 saturated carbocycles. The summed E-state index contributed by atoms with van der Waals surface area (Å²) >= 11 is 0. The number of aromatic nitrogens is 3. The van der Waals surface area contributed by atoms with Gasteiger partial charge in [0.05, 0.1) is 11.4 Å². The molecule has 7 heteroatoms. The van der Waals surface area contributed by atoms with Crippen LogP contribution in [0.2, 0.25) is 0 Å². The summed E-state index contributed by atoms with van der Waals surface area (Å²) in [5, 5.41) is 0. The van der Waals surface area contributed by atoms with Crippen LogP contribution in [0.3, 0.4) is 0 Å². The number of nitrogens with zero attached hydrogens (tertiary/aromatic N) is 4. The van der Waals surface area contributed by atoms with Gasteiger partial charge in [0.2, 0.25) is 0 Å². The predicted octanol–water partition coefficient (Wildman–Crippen LogP) is 2.81. The van der Waals surface area contributed by atoms with Crippen molar-refractivity contribution in [3.63, 3.8) is 0 Å². The van der Waals surface area contributed by atoms with Crippen molar-refractivity contribution < 1.29 is 4.79 Å². The first-order valence-electron chi connectivity index (χ1n) is 10.7. The third kappa shape index (κ3) is 4.03. The molecular formula is C23H29N5O2. The molecule has 0 spiro atoms. The summed E-state index contributed by atoms with van der Waals surface area (Å²) < 4.78 is 2.01. The van der Waals surface area contributed by atoms with E-state index in [1.54, 1.807) is 0 Å². The van der Waals surface area contributed by atoms with Crippen molar-refractivity contribution >= 4 is 17.1 Å². The quantitative estimate of drug-likeness (QED) is 0.636. The number of rotatable bonds is 6. The van der Waals surface area contributed by atoms with Crippen LogP contribution in [-0.2, 0) is 13.0 Å². The number of piperazine rings is 1. The van der Waals surface area contributed by atoms with E-state index in [4.69, 9.17) is 0 Å². The zero-order valence-corrected chi connectivity index (χ0v) is 17.9. The van der Waals surface area contributed by atoms with Crippen molar-refractivity contribution in [2.75, 3.05) is 31.1 Å². The van der Waals surface area contributed by atoms with Crippen molar-refractivity contribution in [2.45, 2.75) is 40.2 Å². The Kier molecular flexibility index (Phi) is 5.72. The van der Waals surface area contributed by atoms with Crippen LogP contribution < -0.4 is 10.5 Å². The lowest BCUT2D eigenvalue weighted by Crippen LogP contribution is -2.46. The summed E-state index contributed by atoms with van der Waals surface area (Å²) in [6.45, 7) is 10.5. The number of pyridine rings is 1. The standard InChI is InChI=1S/C23H29N5O2/c1-4-18-15-28-14-17(12-22(28)25-23(18)30)13-26-8-10-27(11-9-26)20-7-6-19(21(29)5-2)24-16(20)3/h6-7,12,14-15H,4-5,8-11,13H2,1-3H3,(H,25,30). The lowest BCUT2D eigenvalue weighted by molar-refractivity contribution is 0.0983. The molecule has 1 N–H and O–H groups in total. The maximum absolute atomic E-state index is 12.0. The Bertz CT molecular complexity index is 1120. The first-order chi connectivity index (χ1) is 14.5. The molecule has 158 valence electrons. The third-order valence-electron chi connectivity index (χ3n) is 5.90. The van der Waals surface area contributed by atoms with Gasteiger partial charge in [-0.3, -0.25) is 14.5 Å². The Morgan fingerprint density at radius 2 is 1.90 bits per heavy atom. The molecule has 7 nitrogen and oxygen atoms in total. The summed E-state index contributed by atoms with van der Waals surface area (Å²) in [6.07, 6.45) is 5.24. The third-order valence-corrected chi connectivity index (χ3v) is 5.90. The molecule has 0 radical (unpaired) electrons. The van der Waals surface area contributed by atoms with E-state index in [9.17, 15) is 9.59 Å². The van der Waals surface area contributed by atoms with Crippen molar-refractivity contribution in [1.29, 1.82) is 0 Å². The van der Waals surface area contributed by atoms with Gasteiger partial charge in [-0.05, 0) is 37.1 Å². The molecule has 0 amide bonds. The van der Waals surface area contributed by atoms with Gasteiger partial charge in [0.15, 0.2) is 5.78 Å². The molecular weight excluding hydrogens is 378 g/mol. The van der Waals surface area contributed by atoms with Crippen LogP contribution in [0.25, 0.3) is 5.65 Å². The number of ketones is 1. The Morgan fingerprint density at radius 1 is 1.13 bits per heavy atom. The topological polar surface area (TPSA) is 73.7 Å². The second-order valence-electron chi connectivity index (χ2n) is 7.94. The Labute approximate surface area is 176 Å². The maximum atomic E-state index is 12.0. The molecule has 0 aliphatic carbocycles. The molecule has 0 atom stereocenters. The maximum Gasteiger partial charge on any atom is 0.254 e. The second-order valence-corrected chi connectivity index (χ2v) is 7.94. The first-order valence-corrected chi connectivity index (χ1v) is 10.7. The van der Waals surface area contributed by atoms with E-state index in [2.05, 4.69) is 32.0 Å². The number of anilines is 1. The Hall–Kier alpha value is -2.93. The number of carbonyl (C=O) groups is 1. The van der Waals surface area contributed by atoms with E-state index in [0.717, 1.165) is 61.7 Å². The number of fused-ring (bicyclic) bond motifs is 1. The Balaban J connectivity index is 1.41. The number of Topliss-reactive ketones (excluding diaryl/α,β-unsaturated/α-hetero) is 1. The molecule has 0 bridgehead atoms. The average molecular weight is 408 g/mol. The van der Waals surface area contributed by atoms with Crippen LogP contribution >= 0.6 is 0 Å². The predicted molar refractivity (Wildman–Crippen MR) is 118 cm³/mol. The molecule has 4 heterocycles. The average Bonchev–Trinajstić information content (AvgIpc) is 3.14. The highest BCUT2D eigenvalue weighted by Crippen LogP contribution is 2.22. The highest BCUT2D eigenvalue weighted by atomic mass is 16.1. The van der Waals surface area contributed by atoms with E-state index < -0.39 is 0 Å². The number of aromatic amines is 1. The SMILES string of the molecule is CCC(=O)c1ccc(N2CCN(Cc3cc4[nH]c(=O)c(CC)cn4c3)CC2)c(C)n1. The molecule has 3 aromatic heterocycles. The van der Waals surface area contributed by atoms with Crippen LogP contribution in [0.4, 0.5) is 5.69 Å². The minimum Gasteiger partial charge on any atom is -0.368 e. The van der Waals surface area contributed by atoms with Gasteiger partial charge < -0.3 is 14.3 Å². The van der Waals surface area contributed by atoms with E-state index in [1.807, 2.05) is 43.5 Å². The minimum atomic E-state index is -0.00102. The molecule has 0 aromatic carbocycles. The fraction of sp³-hybridized carbons (Fsp3) is 0.435. The number of hydrogen-bond acceptors (Lipinski definition) is 5. The molecule has 30 heavy (non-hydrogen) atoms. The lowest BCUT2D eigenvalue weighted by atomic mass is 10.1. The molecule has 1 aliphatic rings. The Morgan fingerprint density at radius 3 is 2.57 bits per heavy atom. The number of H-pyrrole nitrogens is 1. The minimum absolute atomic E-state index is 0.00102. The largest absolute Gasteiger partial charge is 0.368 e. The summed E-state index contributed by atoms with van der Waals surface area (Å²) in [5.74, 6) is 0.0850. The fourth-order valence-corrected chi connectivity index (χ4v) is 4.13. The smallest absolute Gasteiger partial charge is 0.254 e. The number of aryl methyl sites for hydroxylation is 2. The van der Waals surface area contributed by atoms with Crippen molar-refractivity contribution in [3.05, 3.63) is 63.5 Å². The van der Waals surface area contributed by atoms with E-state index in [1.165, 1.54) is 5.56 Å². The van der Waals surface area contributed by atoms with Gasteiger partial charge in [0.1, 0.15) is 11.3 Å². The number of hydrogen-bond donors (Lipinski definition) is 1. The van der Waals surface area contributed by atoms with Crippen molar-refractivity contribution in [3.8, 4) is 0 Å².